The summed E-state index contributed by atoms with van der Waals surface area (Å²) in [6.45, 7) is 3.45. The van der Waals surface area contributed by atoms with E-state index in [1.807, 2.05) is 12.1 Å². The minimum absolute atomic E-state index is 0.227. The van der Waals surface area contributed by atoms with Crippen molar-refractivity contribution in [2.75, 3.05) is 10.6 Å². The van der Waals surface area contributed by atoms with Crippen LogP contribution in [0.25, 0.3) is 0 Å². The topological polar surface area (TPSA) is 85.9 Å². The first kappa shape index (κ1) is 16.3. The second-order valence-corrected chi connectivity index (χ2v) is 6.26. The zero-order valence-corrected chi connectivity index (χ0v) is 14.3. The summed E-state index contributed by atoms with van der Waals surface area (Å²) < 4.78 is 17.1. The second-order valence-electron chi connectivity index (χ2n) is 6.26. The minimum atomic E-state index is -0.785. The third-order valence-corrected chi connectivity index (χ3v) is 4.28. The Balaban J connectivity index is 1.50. The van der Waals surface area contributed by atoms with Crippen LogP contribution in [-0.2, 0) is 9.59 Å². The summed E-state index contributed by atoms with van der Waals surface area (Å²) >= 11 is 0. The van der Waals surface area contributed by atoms with E-state index in [1.165, 1.54) is 0 Å². The number of carbonyl (C=O) groups excluding carboxylic acids is 2. The lowest BCUT2D eigenvalue weighted by Gasteiger charge is -2.31. The molecule has 0 aromatic heterocycles. The number of anilines is 2. The highest BCUT2D eigenvalue weighted by Gasteiger charge is 2.34. The number of benzene rings is 2. The van der Waals surface area contributed by atoms with Gasteiger partial charge in [-0.2, -0.15) is 0 Å². The van der Waals surface area contributed by atoms with Crippen LogP contribution in [0.5, 0.6) is 17.2 Å². The molecule has 2 heterocycles. The maximum atomic E-state index is 12.6. The number of amides is 2. The summed E-state index contributed by atoms with van der Waals surface area (Å²) in [5, 5.41) is 5.55. The Kier molecular flexibility index (Phi) is 3.91. The molecule has 2 amide bonds. The van der Waals surface area contributed by atoms with E-state index in [0.29, 0.717) is 28.6 Å². The smallest absolute Gasteiger partial charge is 0.269 e. The van der Waals surface area contributed by atoms with Crippen LogP contribution in [0.4, 0.5) is 11.4 Å². The average Bonchev–Trinajstić information content (AvgIpc) is 2.62. The van der Waals surface area contributed by atoms with Crippen molar-refractivity contribution >= 4 is 23.2 Å². The van der Waals surface area contributed by atoms with Crippen LogP contribution in [0.1, 0.15) is 13.8 Å². The van der Waals surface area contributed by atoms with Gasteiger partial charge in [-0.1, -0.05) is 12.1 Å². The van der Waals surface area contributed by atoms with Crippen LogP contribution in [0.2, 0.25) is 0 Å². The summed E-state index contributed by atoms with van der Waals surface area (Å²) in [5.41, 5.74) is 1.05. The molecule has 2 N–H and O–H groups in total. The van der Waals surface area contributed by atoms with Gasteiger partial charge in [0.2, 0.25) is 6.10 Å². The molecule has 26 heavy (non-hydrogen) atoms. The van der Waals surface area contributed by atoms with Crippen LogP contribution in [0, 0.1) is 0 Å². The number of rotatable bonds is 2. The Morgan fingerprint density at radius 1 is 1.00 bits per heavy atom. The summed E-state index contributed by atoms with van der Waals surface area (Å²) in [6.07, 6.45) is -1.77. The number of fused-ring (bicyclic) bond motifs is 2. The first-order valence-corrected chi connectivity index (χ1v) is 8.36. The van der Waals surface area contributed by atoms with Crippen molar-refractivity contribution in [1.82, 2.24) is 0 Å². The molecular weight excluding hydrogens is 336 g/mol. The predicted octanol–water partition coefficient (Wildman–Crippen LogP) is 2.57. The first-order chi connectivity index (χ1) is 12.5. The van der Waals surface area contributed by atoms with Gasteiger partial charge in [-0.25, -0.2) is 0 Å². The molecule has 134 valence electrons. The molecule has 0 saturated carbocycles. The van der Waals surface area contributed by atoms with Crippen molar-refractivity contribution in [3.05, 3.63) is 42.5 Å². The largest absolute Gasteiger partial charge is 0.482 e. The fraction of sp³-hybridized carbons (Fsp3) is 0.263. The molecule has 2 aromatic rings. The average molecular weight is 354 g/mol. The number of hydrogen-bond acceptors (Lipinski definition) is 5. The molecule has 0 spiro atoms. The van der Waals surface area contributed by atoms with E-state index in [0.717, 1.165) is 0 Å². The Morgan fingerprint density at radius 3 is 2.50 bits per heavy atom. The summed E-state index contributed by atoms with van der Waals surface area (Å²) in [4.78, 5) is 24.4. The molecule has 0 radical (unpaired) electrons. The van der Waals surface area contributed by atoms with Gasteiger partial charge in [0, 0.05) is 5.69 Å². The highest BCUT2D eigenvalue weighted by molar-refractivity contribution is 6.00. The van der Waals surface area contributed by atoms with Gasteiger partial charge in [0.15, 0.2) is 17.6 Å². The van der Waals surface area contributed by atoms with Gasteiger partial charge in [0.25, 0.3) is 11.8 Å². The molecule has 2 aliphatic heterocycles. The molecular formula is C19H18N2O5. The number of carbonyl (C=O) groups is 2. The number of hydrogen-bond donors (Lipinski definition) is 2. The van der Waals surface area contributed by atoms with Gasteiger partial charge in [-0.3, -0.25) is 9.59 Å². The zero-order valence-electron chi connectivity index (χ0n) is 14.3. The maximum absolute atomic E-state index is 12.6. The van der Waals surface area contributed by atoms with E-state index in [2.05, 4.69) is 10.6 Å². The van der Waals surface area contributed by atoms with E-state index < -0.39 is 18.3 Å². The molecule has 2 aromatic carbocycles. The van der Waals surface area contributed by atoms with Gasteiger partial charge in [-0.05, 0) is 44.2 Å². The number of ether oxygens (including phenoxy) is 3. The molecule has 0 saturated heterocycles. The van der Waals surface area contributed by atoms with Gasteiger partial charge < -0.3 is 24.8 Å². The highest BCUT2D eigenvalue weighted by atomic mass is 16.6. The van der Waals surface area contributed by atoms with Gasteiger partial charge in [0.1, 0.15) is 11.9 Å². The Labute approximate surface area is 150 Å². The van der Waals surface area contributed by atoms with Crippen molar-refractivity contribution in [2.45, 2.75) is 32.2 Å². The lowest BCUT2D eigenvalue weighted by Crippen LogP contribution is -2.46. The summed E-state index contributed by atoms with van der Waals surface area (Å²) in [5.74, 6) is 1.16. The Morgan fingerprint density at radius 2 is 1.73 bits per heavy atom. The molecule has 2 aliphatic rings. The van der Waals surface area contributed by atoms with Crippen molar-refractivity contribution in [3.8, 4) is 17.2 Å². The molecule has 0 aliphatic carbocycles. The van der Waals surface area contributed by atoms with E-state index in [9.17, 15) is 9.59 Å². The SMILES string of the molecule is CC1Oc2ccc(NC(=O)C3Oc4ccccc4OC3C)cc2NC1=O. The van der Waals surface area contributed by atoms with Gasteiger partial charge >= 0.3 is 0 Å². The van der Waals surface area contributed by atoms with E-state index in [-0.39, 0.29) is 11.8 Å². The lowest BCUT2D eigenvalue weighted by atomic mass is 10.1. The highest BCUT2D eigenvalue weighted by Crippen LogP contribution is 2.35. The normalized spacial score (nSPS) is 23.3. The Bertz CT molecular complexity index is 882. The third kappa shape index (κ3) is 2.92. The standard InChI is InChI=1S/C19H18N2O5/c1-10-17(26-16-6-4-3-5-15(16)24-10)19(23)20-12-7-8-14-13(9-12)21-18(22)11(2)25-14/h3-11,17H,1-2H3,(H,20,23)(H,21,22). The van der Waals surface area contributed by atoms with Gasteiger partial charge in [-0.15, -0.1) is 0 Å². The van der Waals surface area contributed by atoms with Crippen LogP contribution in [0.15, 0.2) is 42.5 Å². The molecule has 7 heteroatoms. The fourth-order valence-corrected chi connectivity index (χ4v) is 2.91. The van der Waals surface area contributed by atoms with Crippen LogP contribution < -0.4 is 24.8 Å². The molecule has 7 nitrogen and oxygen atoms in total. The third-order valence-electron chi connectivity index (χ3n) is 4.28. The first-order valence-electron chi connectivity index (χ1n) is 8.36. The predicted molar refractivity (Wildman–Crippen MR) is 94.7 cm³/mol. The number of nitrogens with one attached hydrogen (secondary N) is 2. The van der Waals surface area contributed by atoms with Crippen molar-refractivity contribution in [3.63, 3.8) is 0 Å². The molecule has 3 atom stereocenters. The molecule has 4 rings (SSSR count). The summed E-state index contributed by atoms with van der Waals surface area (Å²) in [7, 11) is 0. The van der Waals surface area contributed by atoms with E-state index >= 15 is 0 Å². The van der Waals surface area contributed by atoms with Gasteiger partial charge in [0.05, 0.1) is 5.69 Å². The van der Waals surface area contributed by atoms with Crippen molar-refractivity contribution in [1.29, 1.82) is 0 Å². The zero-order chi connectivity index (χ0) is 18.3. The molecule has 0 bridgehead atoms. The van der Waals surface area contributed by atoms with Crippen molar-refractivity contribution < 1.29 is 23.8 Å². The quantitative estimate of drug-likeness (QED) is 0.866. The van der Waals surface area contributed by atoms with Crippen LogP contribution in [0.3, 0.4) is 0 Å². The van der Waals surface area contributed by atoms with Crippen molar-refractivity contribution in [2.24, 2.45) is 0 Å². The minimum Gasteiger partial charge on any atom is -0.482 e. The Hall–Kier alpha value is -3.22. The second kappa shape index (κ2) is 6.25. The number of para-hydroxylation sites is 2. The van der Waals surface area contributed by atoms with E-state index in [1.54, 1.807) is 44.2 Å². The fourth-order valence-electron chi connectivity index (χ4n) is 2.91. The lowest BCUT2D eigenvalue weighted by molar-refractivity contribution is -0.128. The molecule has 0 fully saturated rings. The summed E-state index contributed by atoms with van der Waals surface area (Å²) in [6, 6.07) is 12.3. The monoisotopic (exact) mass is 354 g/mol. The maximum Gasteiger partial charge on any atom is 0.269 e. The molecule has 3 unspecified atom stereocenters. The van der Waals surface area contributed by atoms with Crippen LogP contribution >= 0.6 is 0 Å². The van der Waals surface area contributed by atoms with Crippen LogP contribution in [-0.4, -0.2) is 30.1 Å². The van der Waals surface area contributed by atoms with E-state index in [4.69, 9.17) is 14.2 Å².